The van der Waals surface area contributed by atoms with Crippen LogP contribution in [0, 0.1) is 62.1 Å². The second-order valence-electron chi connectivity index (χ2n) is 4.18. The third kappa shape index (κ3) is 0.995. The van der Waals surface area contributed by atoms with Crippen molar-refractivity contribution in [2.75, 3.05) is 0 Å². The Bertz CT molecular complexity index is 457. The quantitative estimate of drug-likeness (QED) is 0.618. The number of nitriles is 4. The summed E-state index contributed by atoms with van der Waals surface area (Å²) in [7, 11) is 0. The minimum atomic E-state index is -1.50. The lowest BCUT2D eigenvalue weighted by molar-refractivity contribution is 0.727. The smallest absolute Gasteiger partial charge is 0.185 e. The highest BCUT2D eigenvalue weighted by Crippen LogP contribution is 2.71. The van der Waals surface area contributed by atoms with E-state index in [2.05, 4.69) is 0 Å². The highest BCUT2D eigenvalue weighted by atomic mass is 14.8. The van der Waals surface area contributed by atoms with Crippen LogP contribution < -0.4 is 0 Å². The van der Waals surface area contributed by atoms with E-state index in [0.29, 0.717) is 0 Å². The molecule has 1 aliphatic carbocycles. The van der Waals surface area contributed by atoms with Gasteiger partial charge in [0, 0.05) is 5.92 Å². The second kappa shape index (κ2) is 3.37. The molecule has 78 valence electrons. The third-order valence-corrected chi connectivity index (χ3v) is 3.33. The molecule has 0 heterocycles. The van der Waals surface area contributed by atoms with Gasteiger partial charge in [-0.05, 0) is 20.8 Å². The van der Waals surface area contributed by atoms with E-state index in [1.54, 1.807) is 6.92 Å². The van der Waals surface area contributed by atoms with Crippen LogP contribution in [0.3, 0.4) is 0 Å². The molecular formula is C12H10N4. The fourth-order valence-electron chi connectivity index (χ4n) is 2.07. The lowest BCUT2D eigenvalue weighted by Gasteiger charge is -2.01. The van der Waals surface area contributed by atoms with Gasteiger partial charge in [0.1, 0.15) is 0 Å². The van der Waals surface area contributed by atoms with E-state index in [1.165, 1.54) is 0 Å². The maximum atomic E-state index is 9.06. The maximum absolute atomic E-state index is 9.06. The molecule has 1 fully saturated rings. The number of hydrogen-bond donors (Lipinski definition) is 0. The van der Waals surface area contributed by atoms with Crippen LogP contribution in [0.4, 0.5) is 0 Å². The lowest BCUT2D eigenvalue weighted by atomic mass is 9.98. The highest BCUT2D eigenvalue weighted by molar-refractivity contribution is 5.55. The maximum Gasteiger partial charge on any atom is 0.185 e. The topological polar surface area (TPSA) is 95.2 Å². The second-order valence-corrected chi connectivity index (χ2v) is 4.18. The average Bonchev–Trinajstić information content (AvgIpc) is 2.90. The predicted octanol–water partition coefficient (Wildman–Crippen LogP) is 2.04. The van der Waals surface area contributed by atoms with Gasteiger partial charge >= 0.3 is 0 Å². The lowest BCUT2D eigenvalue weighted by Crippen LogP contribution is -2.05. The van der Waals surface area contributed by atoms with Gasteiger partial charge in [-0.15, -0.1) is 0 Å². The first-order chi connectivity index (χ1) is 7.47. The minimum absolute atomic E-state index is 0.588. The van der Waals surface area contributed by atoms with E-state index < -0.39 is 16.7 Å². The molecule has 1 rings (SSSR count). The molecule has 0 aliphatic heterocycles. The molecule has 1 saturated carbocycles. The summed E-state index contributed by atoms with van der Waals surface area (Å²) in [5.41, 5.74) is -1.28. The van der Waals surface area contributed by atoms with E-state index >= 15 is 0 Å². The van der Waals surface area contributed by atoms with Gasteiger partial charge in [0.25, 0.3) is 0 Å². The fraction of sp³-hybridized carbons (Fsp3) is 0.500. The van der Waals surface area contributed by atoms with Crippen LogP contribution in [0.1, 0.15) is 20.8 Å². The zero-order valence-electron chi connectivity index (χ0n) is 9.37. The Balaban J connectivity index is 3.45. The van der Waals surface area contributed by atoms with Gasteiger partial charge in [0.2, 0.25) is 0 Å². The van der Waals surface area contributed by atoms with Crippen molar-refractivity contribution in [3.8, 4) is 24.3 Å². The molecular weight excluding hydrogens is 200 g/mol. The molecule has 0 atom stereocenters. The molecule has 0 N–H and O–H groups in total. The Kier molecular flexibility index (Phi) is 2.48. The molecule has 16 heavy (non-hydrogen) atoms. The first kappa shape index (κ1) is 11.8. The molecule has 0 aromatic heterocycles. The third-order valence-electron chi connectivity index (χ3n) is 3.33. The normalized spacial score (nSPS) is 19.4. The van der Waals surface area contributed by atoms with Crippen molar-refractivity contribution in [3.63, 3.8) is 0 Å². The van der Waals surface area contributed by atoms with Crippen molar-refractivity contribution in [1.82, 2.24) is 0 Å². The molecule has 0 spiro atoms. The zero-order valence-corrected chi connectivity index (χ0v) is 9.37. The SMILES string of the molecule is CC(C)=C(C)C1C(C#N)(C#N)C1(C#N)C#N. The van der Waals surface area contributed by atoms with Crippen LogP contribution in [0.5, 0.6) is 0 Å². The van der Waals surface area contributed by atoms with Gasteiger partial charge in [-0.3, -0.25) is 0 Å². The molecule has 0 amide bonds. The average molecular weight is 210 g/mol. The van der Waals surface area contributed by atoms with Crippen molar-refractivity contribution in [2.45, 2.75) is 20.8 Å². The summed E-state index contributed by atoms with van der Waals surface area (Å²) in [6.45, 7) is 5.44. The summed E-state index contributed by atoms with van der Waals surface area (Å²) in [6, 6.07) is 7.36. The molecule has 4 heteroatoms. The van der Waals surface area contributed by atoms with E-state index in [9.17, 15) is 0 Å². The Labute approximate surface area is 94.6 Å². The minimum Gasteiger partial charge on any atom is -0.196 e. The van der Waals surface area contributed by atoms with Crippen LogP contribution in [0.2, 0.25) is 0 Å². The number of nitrogens with zero attached hydrogens (tertiary/aromatic N) is 4. The highest BCUT2D eigenvalue weighted by Gasteiger charge is 2.81. The zero-order chi connectivity index (χ0) is 12.6. The van der Waals surface area contributed by atoms with Crippen LogP contribution in [0.15, 0.2) is 11.1 Å². The molecule has 0 aromatic rings. The summed E-state index contributed by atoms with van der Waals surface area (Å²) in [6.07, 6.45) is 0. The van der Waals surface area contributed by atoms with Crippen molar-refractivity contribution < 1.29 is 0 Å². The molecule has 1 aliphatic rings. The first-order valence-corrected chi connectivity index (χ1v) is 4.76. The van der Waals surface area contributed by atoms with Crippen LogP contribution in [-0.4, -0.2) is 0 Å². The van der Waals surface area contributed by atoms with Crippen LogP contribution >= 0.6 is 0 Å². The van der Waals surface area contributed by atoms with Gasteiger partial charge in [-0.1, -0.05) is 11.1 Å². The Morgan fingerprint density at radius 3 is 1.31 bits per heavy atom. The summed E-state index contributed by atoms with van der Waals surface area (Å²) >= 11 is 0. The van der Waals surface area contributed by atoms with E-state index in [1.807, 2.05) is 38.1 Å². The number of rotatable bonds is 1. The number of allylic oxidation sites excluding steroid dienone is 2. The Morgan fingerprint density at radius 2 is 1.12 bits per heavy atom. The molecule has 0 bridgehead atoms. The monoisotopic (exact) mass is 210 g/mol. The molecule has 0 unspecified atom stereocenters. The van der Waals surface area contributed by atoms with E-state index in [4.69, 9.17) is 21.0 Å². The molecule has 0 aromatic carbocycles. The Hall–Kier alpha value is -2.30. The summed E-state index contributed by atoms with van der Waals surface area (Å²) in [4.78, 5) is 0. The van der Waals surface area contributed by atoms with Crippen molar-refractivity contribution >= 4 is 0 Å². The van der Waals surface area contributed by atoms with Gasteiger partial charge in [-0.25, -0.2) is 0 Å². The standard InChI is InChI=1S/C12H10N4/c1-8(2)9(3)10-11(4-13,5-14)12(10,6-15)7-16/h10H,1-3H3. The van der Waals surface area contributed by atoms with Gasteiger partial charge in [-0.2, -0.15) is 21.0 Å². The summed E-state index contributed by atoms with van der Waals surface area (Å²) < 4.78 is 0. The predicted molar refractivity (Wildman–Crippen MR) is 54.9 cm³/mol. The van der Waals surface area contributed by atoms with Crippen molar-refractivity contribution in [3.05, 3.63) is 11.1 Å². The Morgan fingerprint density at radius 1 is 0.812 bits per heavy atom. The largest absolute Gasteiger partial charge is 0.196 e. The summed E-state index contributed by atoms with van der Waals surface area (Å²) in [5, 5.41) is 36.2. The van der Waals surface area contributed by atoms with Crippen molar-refractivity contribution in [1.29, 1.82) is 21.0 Å². The molecule has 0 radical (unpaired) electrons. The van der Waals surface area contributed by atoms with Gasteiger partial charge < -0.3 is 0 Å². The van der Waals surface area contributed by atoms with Gasteiger partial charge in [0.15, 0.2) is 10.8 Å². The molecule has 0 saturated heterocycles. The van der Waals surface area contributed by atoms with Crippen molar-refractivity contribution in [2.24, 2.45) is 16.7 Å². The van der Waals surface area contributed by atoms with Crippen LogP contribution in [0.25, 0.3) is 0 Å². The van der Waals surface area contributed by atoms with Gasteiger partial charge in [0.05, 0.1) is 24.3 Å². The van der Waals surface area contributed by atoms with Crippen LogP contribution in [-0.2, 0) is 0 Å². The molecule has 4 nitrogen and oxygen atoms in total. The number of hydrogen-bond acceptors (Lipinski definition) is 4. The van der Waals surface area contributed by atoms with E-state index in [-0.39, 0.29) is 0 Å². The van der Waals surface area contributed by atoms with E-state index in [0.717, 1.165) is 11.1 Å². The fourth-order valence-corrected chi connectivity index (χ4v) is 2.07. The first-order valence-electron chi connectivity index (χ1n) is 4.76. The summed E-state index contributed by atoms with van der Waals surface area (Å²) in [5.74, 6) is -0.588.